The second kappa shape index (κ2) is 13.8. The smallest absolute Gasteiger partial charge is 0.245 e. The van der Waals surface area contributed by atoms with Crippen LogP contribution in [0.25, 0.3) is 0 Å². The maximum absolute atomic E-state index is 14.0. The van der Waals surface area contributed by atoms with E-state index in [1.165, 1.54) is 0 Å². The molecule has 1 saturated heterocycles. The molecule has 0 aliphatic carbocycles. The Kier molecular flexibility index (Phi) is 11.6. The van der Waals surface area contributed by atoms with E-state index in [2.05, 4.69) is 24.5 Å². The van der Waals surface area contributed by atoms with Gasteiger partial charge in [-0.3, -0.25) is 19.3 Å². The summed E-state index contributed by atoms with van der Waals surface area (Å²) in [4.78, 5) is 46.1. The molecular formula is C31H53N5O3. The van der Waals surface area contributed by atoms with Crippen molar-refractivity contribution >= 4 is 17.7 Å². The van der Waals surface area contributed by atoms with E-state index in [9.17, 15) is 14.4 Å². The molecule has 1 aliphatic rings. The number of nitrogens with zero attached hydrogens (tertiary/aromatic N) is 3. The molecule has 2 rings (SSSR count). The third-order valence-electron chi connectivity index (χ3n) is 8.17. The van der Waals surface area contributed by atoms with E-state index in [1.54, 1.807) is 11.9 Å². The Bertz CT molecular complexity index is 951. The molecule has 1 aromatic carbocycles. The highest BCUT2D eigenvalue weighted by Crippen LogP contribution is 2.29. The van der Waals surface area contributed by atoms with Gasteiger partial charge in [0.2, 0.25) is 17.7 Å². The topological polar surface area (TPSA) is 85.0 Å². The first kappa shape index (κ1) is 32.8. The number of nitrogens with one attached hydrogen (secondary N) is 2. The van der Waals surface area contributed by atoms with Gasteiger partial charge >= 0.3 is 0 Å². The van der Waals surface area contributed by atoms with E-state index in [1.807, 2.05) is 88.8 Å². The highest BCUT2D eigenvalue weighted by Gasteiger charge is 2.42. The molecule has 8 heteroatoms. The van der Waals surface area contributed by atoms with Crippen molar-refractivity contribution in [3.8, 4) is 0 Å². The van der Waals surface area contributed by atoms with E-state index < -0.39 is 22.9 Å². The highest BCUT2D eigenvalue weighted by atomic mass is 16.2. The number of hydrogen-bond acceptors (Lipinski definition) is 5. The first-order valence-electron chi connectivity index (χ1n) is 14.4. The van der Waals surface area contributed by atoms with Crippen molar-refractivity contribution < 1.29 is 14.4 Å². The summed E-state index contributed by atoms with van der Waals surface area (Å²) in [5.74, 6) is -0.0178. The van der Waals surface area contributed by atoms with Crippen molar-refractivity contribution in [3.05, 3.63) is 35.9 Å². The van der Waals surface area contributed by atoms with Crippen LogP contribution in [0.4, 0.5) is 0 Å². The van der Waals surface area contributed by atoms with Gasteiger partial charge in [-0.05, 0) is 43.8 Å². The van der Waals surface area contributed by atoms with Crippen LogP contribution in [0, 0.1) is 11.3 Å². The number of likely N-dealkylation sites (N-methyl/N-ethyl adjacent to an activating group) is 3. The summed E-state index contributed by atoms with van der Waals surface area (Å²) < 4.78 is 0. The number of rotatable bonds is 12. The molecule has 1 fully saturated rings. The molecule has 3 unspecified atom stereocenters. The molecule has 1 aromatic rings. The average Bonchev–Trinajstić information content (AvgIpc) is 3.40. The van der Waals surface area contributed by atoms with E-state index in [-0.39, 0.29) is 29.7 Å². The Labute approximate surface area is 236 Å². The fourth-order valence-electron chi connectivity index (χ4n) is 5.56. The van der Waals surface area contributed by atoms with Crippen molar-refractivity contribution in [1.82, 2.24) is 25.3 Å². The zero-order valence-electron chi connectivity index (χ0n) is 26.0. The van der Waals surface area contributed by atoms with Crippen molar-refractivity contribution in [2.45, 2.75) is 84.8 Å². The van der Waals surface area contributed by atoms with Gasteiger partial charge in [-0.1, -0.05) is 78.8 Å². The van der Waals surface area contributed by atoms with E-state index >= 15 is 0 Å². The summed E-state index contributed by atoms with van der Waals surface area (Å²) in [6, 6.07) is 8.59. The van der Waals surface area contributed by atoms with Crippen molar-refractivity contribution in [2.75, 3.05) is 47.3 Å². The number of carbonyl (C=O) groups excluding carboxylic acids is 3. The van der Waals surface area contributed by atoms with Crippen LogP contribution in [0.2, 0.25) is 0 Å². The van der Waals surface area contributed by atoms with Crippen LogP contribution in [0.5, 0.6) is 0 Å². The first-order valence-corrected chi connectivity index (χ1v) is 14.4. The van der Waals surface area contributed by atoms with Crippen molar-refractivity contribution in [2.24, 2.45) is 11.3 Å². The normalized spacial score (nSPS) is 16.8. The van der Waals surface area contributed by atoms with Crippen LogP contribution in [0.1, 0.15) is 66.9 Å². The second-order valence-corrected chi connectivity index (χ2v) is 13.2. The van der Waals surface area contributed by atoms with Gasteiger partial charge in [0.15, 0.2) is 0 Å². The lowest BCUT2D eigenvalue weighted by Crippen LogP contribution is -2.62. The van der Waals surface area contributed by atoms with Gasteiger partial charge in [-0.15, -0.1) is 0 Å². The van der Waals surface area contributed by atoms with Crippen LogP contribution >= 0.6 is 0 Å². The lowest BCUT2D eigenvalue weighted by molar-refractivity contribution is -0.142. The number of benzene rings is 1. The minimum absolute atomic E-state index is 0.114. The maximum Gasteiger partial charge on any atom is 0.245 e. The number of amides is 3. The molecule has 39 heavy (non-hydrogen) atoms. The first-order chi connectivity index (χ1) is 18.1. The van der Waals surface area contributed by atoms with Crippen molar-refractivity contribution in [1.29, 1.82) is 0 Å². The maximum atomic E-state index is 14.0. The highest BCUT2D eigenvalue weighted by molar-refractivity contribution is 5.91. The van der Waals surface area contributed by atoms with E-state index in [0.717, 1.165) is 31.5 Å². The fraction of sp³-hybridized carbons (Fsp3) is 0.710. The molecule has 0 radical (unpaired) electrons. The molecule has 0 aromatic heterocycles. The van der Waals surface area contributed by atoms with E-state index in [4.69, 9.17) is 0 Å². The molecule has 8 nitrogen and oxygen atoms in total. The van der Waals surface area contributed by atoms with Gasteiger partial charge in [0.1, 0.15) is 6.04 Å². The van der Waals surface area contributed by atoms with Gasteiger partial charge in [-0.2, -0.15) is 0 Å². The second-order valence-electron chi connectivity index (χ2n) is 13.2. The Morgan fingerprint density at radius 1 is 0.949 bits per heavy atom. The fourth-order valence-corrected chi connectivity index (χ4v) is 5.56. The molecule has 0 bridgehead atoms. The van der Waals surface area contributed by atoms with Gasteiger partial charge in [0.05, 0.1) is 12.6 Å². The Balaban J connectivity index is 2.20. The van der Waals surface area contributed by atoms with Gasteiger partial charge in [0.25, 0.3) is 0 Å². The molecule has 1 aliphatic heterocycles. The summed E-state index contributed by atoms with van der Waals surface area (Å²) in [5, 5.41) is 6.31. The molecule has 3 amide bonds. The minimum Gasteiger partial charge on any atom is -0.342 e. The quantitative estimate of drug-likeness (QED) is 0.423. The SMILES string of the molecule is CNC(C(=O)NC(C(=O)N(C)C(CN(C)CC(=O)N1CCCC1)C(C)C)C(C)(C)C)C(C)(C)c1ccccc1. The molecule has 0 spiro atoms. The monoisotopic (exact) mass is 543 g/mol. The molecule has 220 valence electrons. The van der Waals surface area contributed by atoms with Crippen molar-refractivity contribution in [3.63, 3.8) is 0 Å². The molecular weight excluding hydrogens is 490 g/mol. The summed E-state index contributed by atoms with van der Waals surface area (Å²) in [5.41, 5.74) is 0.0411. The summed E-state index contributed by atoms with van der Waals surface area (Å²) in [6.45, 7) is 16.8. The average molecular weight is 544 g/mol. The minimum atomic E-state index is -0.713. The number of carbonyl (C=O) groups is 3. The largest absolute Gasteiger partial charge is 0.342 e. The molecule has 0 saturated carbocycles. The molecule has 3 atom stereocenters. The summed E-state index contributed by atoms with van der Waals surface area (Å²) in [6.07, 6.45) is 2.14. The zero-order valence-corrected chi connectivity index (χ0v) is 26.0. The van der Waals surface area contributed by atoms with Gasteiger partial charge in [-0.25, -0.2) is 0 Å². The summed E-state index contributed by atoms with van der Waals surface area (Å²) in [7, 11) is 5.54. The Morgan fingerprint density at radius 2 is 1.51 bits per heavy atom. The van der Waals surface area contributed by atoms with E-state index in [0.29, 0.717) is 13.1 Å². The predicted octanol–water partition coefficient (Wildman–Crippen LogP) is 3.12. The van der Waals surface area contributed by atoms with Crippen LogP contribution in [0.3, 0.4) is 0 Å². The molecule has 2 N–H and O–H groups in total. The lowest BCUT2D eigenvalue weighted by Gasteiger charge is -2.41. The summed E-state index contributed by atoms with van der Waals surface area (Å²) >= 11 is 0. The zero-order chi connectivity index (χ0) is 29.5. The van der Waals surface area contributed by atoms with Gasteiger partial charge < -0.3 is 20.4 Å². The van der Waals surface area contributed by atoms with Crippen LogP contribution < -0.4 is 10.6 Å². The van der Waals surface area contributed by atoms with Crippen LogP contribution in [-0.2, 0) is 19.8 Å². The lowest BCUT2D eigenvalue weighted by atomic mass is 9.76. The van der Waals surface area contributed by atoms with Gasteiger partial charge in [0, 0.05) is 38.1 Å². The van der Waals surface area contributed by atoms with Crippen LogP contribution in [0.15, 0.2) is 30.3 Å². The Morgan fingerprint density at radius 3 is 2.00 bits per heavy atom. The predicted molar refractivity (Wildman–Crippen MR) is 158 cm³/mol. The molecule has 1 heterocycles. The third kappa shape index (κ3) is 8.52. The standard InChI is InChI=1S/C31H53N5O3/c1-22(2)24(20-34(9)21-25(37)36-18-14-15-19-36)35(10)29(39)27(30(3,4)5)33-28(38)26(32-8)31(6,7)23-16-12-11-13-17-23/h11-13,16-17,22,24,26-27,32H,14-15,18-21H2,1-10H3,(H,33,38). The number of hydrogen-bond donors (Lipinski definition) is 2. The van der Waals surface area contributed by atoms with Crippen LogP contribution in [-0.4, -0.2) is 97.9 Å². The third-order valence-corrected chi connectivity index (χ3v) is 8.17. The number of likely N-dealkylation sites (tertiary alicyclic amines) is 1. The Hall–Kier alpha value is -2.45.